The van der Waals surface area contributed by atoms with Gasteiger partial charge in [-0.05, 0) is 33.1 Å². The first-order chi connectivity index (χ1) is 9.04. The second kappa shape index (κ2) is 11.3. The van der Waals surface area contributed by atoms with Gasteiger partial charge in [0.05, 0.1) is 18.6 Å². The number of rotatable bonds is 11. The monoisotopic (exact) mass is 272 g/mol. The van der Waals surface area contributed by atoms with Crippen molar-refractivity contribution in [2.45, 2.75) is 72.8 Å². The van der Waals surface area contributed by atoms with Crippen LogP contribution in [-0.4, -0.2) is 25.3 Å². The van der Waals surface area contributed by atoms with E-state index in [0.717, 1.165) is 12.8 Å². The summed E-state index contributed by atoms with van der Waals surface area (Å²) >= 11 is 0. The summed E-state index contributed by atoms with van der Waals surface area (Å²) in [5, 5.41) is 0. The Balaban J connectivity index is 4.41. The van der Waals surface area contributed by atoms with Crippen molar-refractivity contribution in [3.63, 3.8) is 0 Å². The summed E-state index contributed by atoms with van der Waals surface area (Å²) in [4.78, 5) is 12.1. The summed E-state index contributed by atoms with van der Waals surface area (Å²) in [7, 11) is 0. The summed E-state index contributed by atoms with van der Waals surface area (Å²) in [6.07, 6.45) is 5.61. The minimum absolute atomic E-state index is 0.0488. The molecule has 0 aliphatic carbocycles. The van der Waals surface area contributed by atoms with Crippen LogP contribution in [0.25, 0.3) is 0 Å². The van der Waals surface area contributed by atoms with Crippen molar-refractivity contribution in [1.82, 2.24) is 0 Å². The molecule has 0 radical (unpaired) electrons. The van der Waals surface area contributed by atoms with E-state index in [1.807, 2.05) is 20.8 Å². The maximum Gasteiger partial charge on any atom is 0.311 e. The first kappa shape index (κ1) is 18.4. The summed E-state index contributed by atoms with van der Waals surface area (Å²) in [5.74, 6) is 0.396. The Kier molecular flexibility index (Phi) is 10.9. The van der Waals surface area contributed by atoms with E-state index in [4.69, 9.17) is 9.47 Å². The molecule has 0 aliphatic rings. The van der Waals surface area contributed by atoms with Crippen LogP contribution in [0, 0.1) is 11.8 Å². The third-order valence-corrected chi connectivity index (χ3v) is 3.37. The molecule has 2 unspecified atom stereocenters. The molecule has 19 heavy (non-hydrogen) atoms. The fourth-order valence-corrected chi connectivity index (χ4v) is 2.20. The SMILES string of the molecule is CCCCC(CC)CC(COCC)C(=O)OC(C)C. The molecule has 0 amide bonds. The van der Waals surface area contributed by atoms with Gasteiger partial charge in [-0.2, -0.15) is 0 Å². The number of carbonyl (C=O) groups is 1. The number of esters is 1. The van der Waals surface area contributed by atoms with Crippen molar-refractivity contribution in [3.05, 3.63) is 0 Å². The molecule has 3 heteroatoms. The normalized spacial score (nSPS) is 14.4. The van der Waals surface area contributed by atoms with E-state index in [1.165, 1.54) is 19.3 Å². The van der Waals surface area contributed by atoms with Crippen molar-refractivity contribution in [2.24, 2.45) is 11.8 Å². The summed E-state index contributed by atoms with van der Waals surface area (Å²) in [6.45, 7) is 11.3. The molecule has 0 spiro atoms. The van der Waals surface area contributed by atoms with Gasteiger partial charge in [-0.1, -0.05) is 39.5 Å². The van der Waals surface area contributed by atoms with Crippen molar-refractivity contribution in [2.75, 3.05) is 13.2 Å². The molecule has 0 N–H and O–H groups in total. The van der Waals surface area contributed by atoms with E-state index >= 15 is 0 Å². The fourth-order valence-electron chi connectivity index (χ4n) is 2.20. The number of carbonyl (C=O) groups excluding carboxylic acids is 1. The highest BCUT2D eigenvalue weighted by molar-refractivity contribution is 5.72. The zero-order valence-corrected chi connectivity index (χ0v) is 13.4. The van der Waals surface area contributed by atoms with Gasteiger partial charge >= 0.3 is 5.97 Å². The van der Waals surface area contributed by atoms with Gasteiger partial charge in [-0.15, -0.1) is 0 Å². The molecule has 0 rings (SSSR count). The van der Waals surface area contributed by atoms with Crippen LogP contribution in [0.3, 0.4) is 0 Å². The van der Waals surface area contributed by atoms with Gasteiger partial charge in [0.2, 0.25) is 0 Å². The van der Waals surface area contributed by atoms with E-state index in [1.54, 1.807) is 0 Å². The number of hydrogen-bond acceptors (Lipinski definition) is 3. The zero-order valence-electron chi connectivity index (χ0n) is 13.4. The van der Waals surface area contributed by atoms with Crippen molar-refractivity contribution in [3.8, 4) is 0 Å². The largest absolute Gasteiger partial charge is 0.463 e. The Labute approximate surface area is 119 Å². The first-order valence-corrected chi connectivity index (χ1v) is 7.83. The third kappa shape index (κ3) is 9.04. The predicted octanol–water partition coefficient (Wildman–Crippen LogP) is 4.20. The second-order valence-electron chi connectivity index (χ2n) is 5.49. The lowest BCUT2D eigenvalue weighted by Gasteiger charge is -2.22. The molecule has 0 heterocycles. The Morgan fingerprint density at radius 1 is 1.16 bits per heavy atom. The van der Waals surface area contributed by atoms with E-state index in [9.17, 15) is 4.79 Å². The van der Waals surface area contributed by atoms with Gasteiger partial charge in [-0.25, -0.2) is 0 Å². The molecule has 0 aromatic carbocycles. The molecular weight excluding hydrogens is 240 g/mol. The number of unbranched alkanes of at least 4 members (excludes halogenated alkanes) is 1. The van der Waals surface area contributed by atoms with Crippen LogP contribution in [0.1, 0.15) is 66.7 Å². The minimum Gasteiger partial charge on any atom is -0.463 e. The maximum atomic E-state index is 12.1. The highest BCUT2D eigenvalue weighted by Gasteiger charge is 2.24. The van der Waals surface area contributed by atoms with Crippen LogP contribution in [-0.2, 0) is 14.3 Å². The fraction of sp³-hybridized carbons (Fsp3) is 0.938. The third-order valence-electron chi connectivity index (χ3n) is 3.37. The van der Waals surface area contributed by atoms with E-state index < -0.39 is 0 Å². The highest BCUT2D eigenvalue weighted by atomic mass is 16.5. The Morgan fingerprint density at radius 2 is 1.84 bits per heavy atom. The lowest BCUT2D eigenvalue weighted by atomic mass is 9.89. The molecule has 0 saturated heterocycles. The molecule has 0 aromatic heterocycles. The van der Waals surface area contributed by atoms with Crippen LogP contribution in [0.2, 0.25) is 0 Å². The van der Waals surface area contributed by atoms with Gasteiger partial charge in [0.25, 0.3) is 0 Å². The Bertz CT molecular complexity index is 226. The zero-order chi connectivity index (χ0) is 14.7. The molecule has 2 atom stereocenters. The summed E-state index contributed by atoms with van der Waals surface area (Å²) in [6, 6.07) is 0. The van der Waals surface area contributed by atoms with Gasteiger partial charge in [-0.3, -0.25) is 4.79 Å². The van der Waals surface area contributed by atoms with Crippen LogP contribution >= 0.6 is 0 Å². The molecule has 3 nitrogen and oxygen atoms in total. The first-order valence-electron chi connectivity index (χ1n) is 7.83. The van der Waals surface area contributed by atoms with Gasteiger partial charge in [0.1, 0.15) is 0 Å². The van der Waals surface area contributed by atoms with Crippen LogP contribution in [0.4, 0.5) is 0 Å². The van der Waals surface area contributed by atoms with Gasteiger partial charge < -0.3 is 9.47 Å². The van der Waals surface area contributed by atoms with E-state index in [0.29, 0.717) is 19.1 Å². The molecular formula is C16H32O3. The van der Waals surface area contributed by atoms with Crippen molar-refractivity contribution >= 4 is 5.97 Å². The minimum atomic E-state index is -0.107. The summed E-state index contributed by atoms with van der Waals surface area (Å²) in [5.41, 5.74) is 0. The van der Waals surface area contributed by atoms with E-state index in [2.05, 4.69) is 13.8 Å². The molecule has 114 valence electrons. The van der Waals surface area contributed by atoms with Crippen LogP contribution in [0.5, 0.6) is 0 Å². The van der Waals surface area contributed by atoms with Crippen molar-refractivity contribution in [1.29, 1.82) is 0 Å². The van der Waals surface area contributed by atoms with E-state index in [-0.39, 0.29) is 18.0 Å². The molecule has 0 aromatic rings. The average Bonchev–Trinajstić information content (AvgIpc) is 2.37. The number of hydrogen-bond donors (Lipinski definition) is 0. The maximum absolute atomic E-state index is 12.1. The Morgan fingerprint density at radius 3 is 2.32 bits per heavy atom. The average molecular weight is 272 g/mol. The Hall–Kier alpha value is -0.570. The summed E-state index contributed by atoms with van der Waals surface area (Å²) < 4.78 is 10.8. The second-order valence-corrected chi connectivity index (χ2v) is 5.49. The lowest BCUT2D eigenvalue weighted by Crippen LogP contribution is -2.27. The smallest absolute Gasteiger partial charge is 0.311 e. The highest BCUT2D eigenvalue weighted by Crippen LogP contribution is 2.23. The van der Waals surface area contributed by atoms with Crippen LogP contribution < -0.4 is 0 Å². The van der Waals surface area contributed by atoms with Crippen molar-refractivity contribution < 1.29 is 14.3 Å². The quantitative estimate of drug-likeness (QED) is 0.529. The lowest BCUT2D eigenvalue weighted by molar-refractivity contribution is -0.155. The predicted molar refractivity (Wildman–Crippen MR) is 79.1 cm³/mol. The van der Waals surface area contributed by atoms with Gasteiger partial charge in [0, 0.05) is 6.61 Å². The number of ether oxygens (including phenoxy) is 2. The molecule has 0 fully saturated rings. The van der Waals surface area contributed by atoms with Gasteiger partial charge in [0.15, 0.2) is 0 Å². The molecule has 0 bridgehead atoms. The topological polar surface area (TPSA) is 35.5 Å². The van der Waals surface area contributed by atoms with Crippen LogP contribution in [0.15, 0.2) is 0 Å². The molecule has 0 saturated carbocycles. The standard InChI is InChI=1S/C16H32O3/c1-6-9-10-14(7-2)11-15(12-18-8-3)16(17)19-13(4)5/h13-15H,6-12H2,1-5H3. The molecule has 0 aliphatic heterocycles.